The molecule has 128 valence electrons. The quantitative estimate of drug-likeness (QED) is 0.656. The number of esters is 1. The van der Waals surface area contributed by atoms with Gasteiger partial charge in [-0.3, -0.25) is 10.3 Å². The summed E-state index contributed by atoms with van der Waals surface area (Å²) >= 11 is 0. The van der Waals surface area contributed by atoms with Gasteiger partial charge >= 0.3 is 12.1 Å². The van der Waals surface area contributed by atoms with Crippen LogP contribution in [0.4, 0.5) is 10.5 Å². The Hall–Kier alpha value is -2.88. The standard InChI is InChI=1S/C17H21N3O4/c1-5-23-15(21)13(6-8-18)10-12-7-9-19-11-14(12)20-16(22)24-17(2,3)4/h7,9-11H,5-6H2,1-4H3,(H,20,22). The van der Waals surface area contributed by atoms with Crippen LogP contribution in [0, 0.1) is 11.3 Å². The molecule has 7 nitrogen and oxygen atoms in total. The van der Waals surface area contributed by atoms with Crippen molar-refractivity contribution in [2.75, 3.05) is 11.9 Å². The molecule has 0 aromatic carbocycles. The van der Waals surface area contributed by atoms with E-state index < -0.39 is 17.7 Å². The normalized spacial score (nSPS) is 11.4. The van der Waals surface area contributed by atoms with Gasteiger partial charge < -0.3 is 9.47 Å². The molecule has 1 aromatic rings. The van der Waals surface area contributed by atoms with Crippen LogP contribution >= 0.6 is 0 Å². The van der Waals surface area contributed by atoms with Crippen LogP contribution in [0.25, 0.3) is 6.08 Å². The van der Waals surface area contributed by atoms with Crippen LogP contribution in [0.2, 0.25) is 0 Å². The van der Waals surface area contributed by atoms with Crippen molar-refractivity contribution in [3.05, 3.63) is 29.6 Å². The summed E-state index contributed by atoms with van der Waals surface area (Å²) in [6.45, 7) is 7.15. The SMILES string of the molecule is CCOC(=O)C(=Cc1ccncc1NC(=O)OC(C)(C)C)CC#N. The summed E-state index contributed by atoms with van der Waals surface area (Å²) in [5.41, 5.74) is 0.442. The lowest BCUT2D eigenvalue weighted by Crippen LogP contribution is -2.27. The van der Waals surface area contributed by atoms with E-state index in [-0.39, 0.29) is 18.6 Å². The van der Waals surface area contributed by atoms with Gasteiger partial charge in [0.1, 0.15) is 5.60 Å². The molecular weight excluding hydrogens is 310 g/mol. The van der Waals surface area contributed by atoms with Gasteiger partial charge in [0.2, 0.25) is 0 Å². The second kappa shape index (κ2) is 8.67. The third-order valence-corrected chi connectivity index (χ3v) is 2.63. The Kier molecular flexibility index (Phi) is 6.93. The molecule has 1 rings (SSSR count). The number of hydrogen-bond donors (Lipinski definition) is 1. The number of carbonyl (C=O) groups is 2. The molecule has 0 aliphatic rings. The maximum atomic E-state index is 11.9. The van der Waals surface area contributed by atoms with Gasteiger partial charge in [-0.1, -0.05) is 0 Å². The molecule has 0 saturated heterocycles. The molecule has 1 amide bonds. The van der Waals surface area contributed by atoms with E-state index in [2.05, 4.69) is 10.3 Å². The molecule has 1 N–H and O–H groups in total. The number of carbonyl (C=O) groups excluding carboxylic acids is 2. The second-order valence-electron chi connectivity index (χ2n) is 5.81. The molecule has 0 aliphatic carbocycles. The number of nitriles is 1. The van der Waals surface area contributed by atoms with E-state index in [0.717, 1.165) is 0 Å². The van der Waals surface area contributed by atoms with E-state index in [9.17, 15) is 9.59 Å². The Morgan fingerprint density at radius 1 is 1.42 bits per heavy atom. The van der Waals surface area contributed by atoms with E-state index in [4.69, 9.17) is 14.7 Å². The molecule has 1 aromatic heterocycles. The van der Waals surface area contributed by atoms with Gasteiger partial charge in [0.05, 0.1) is 36.6 Å². The number of hydrogen-bond acceptors (Lipinski definition) is 6. The summed E-state index contributed by atoms with van der Waals surface area (Å²) in [6, 6.07) is 3.54. The van der Waals surface area contributed by atoms with E-state index in [1.165, 1.54) is 18.5 Å². The molecule has 0 atom stereocenters. The third-order valence-electron chi connectivity index (χ3n) is 2.63. The third kappa shape index (κ3) is 6.48. The Morgan fingerprint density at radius 3 is 2.71 bits per heavy atom. The van der Waals surface area contributed by atoms with Crippen molar-refractivity contribution >= 4 is 23.8 Å². The minimum Gasteiger partial charge on any atom is -0.463 e. The predicted molar refractivity (Wildman–Crippen MR) is 88.9 cm³/mol. The van der Waals surface area contributed by atoms with Crippen molar-refractivity contribution in [1.29, 1.82) is 5.26 Å². The lowest BCUT2D eigenvalue weighted by molar-refractivity contribution is -0.138. The molecule has 7 heteroatoms. The number of pyridine rings is 1. The van der Waals surface area contributed by atoms with Crippen molar-refractivity contribution in [2.24, 2.45) is 0 Å². The highest BCUT2D eigenvalue weighted by Crippen LogP contribution is 2.20. The zero-order chi connectivity index (χ0) is 18.2. The summed E-state index contributed by atoms with van der Waals surface area (Å²) in [7, 11) is 0. The Morgan fingerprint density at radius 2 is 2.12 bits per heavy atom. The Labute approximate surface area is 141 Å². The number of anilines is 1. The first kappa shape index (κ1) is 19.2. The van der Waals surface area contributed by atoms with E-state index in [1.54, 1.807) is 33.8 Å². The maximum Gasteiger partial charge on any atom is 0.412 e. The van der Waals surface area contributed by atoms with Gasteiger partial charge in [0.25, 0.3) is 0 Å². The molecule has 24 heavy (non-hydrogen) atoms. The molecular formula is C17H21N3O4. The Bertz CT molecular complexity index is 669. The fourth-order valence-corrected chi connectivity index (χ4v) is 1.73. The average molecular weight is 331 g/mol. The number of aromatic nitrogens is 1. The van der Waals surface area contributed by atoms with Gasteiger partial charge in [-0.15, -0.1) is 0 Å². The molecule has 0 radical (unpaired) electrons. The molecule has 0 saturated carbocycles. The van der Waals surface area contributed by atoms with Gasteiger partial charge in [0, 0.05) is 11.8 Å². The minimum absolute atomic E-state index is 0.104. The highest BCUT2D eigenvalue weighted by atomic mass is 16.6. The molecule has 0 aliphatic heterocycles. The number of rotatable bonds is 5. The van der Waals surface area contributed by atoms with Gasteiger partial charge in [-0.05, 0) is 39.8 Å². The molecule has 0 bridgehead atoms. The summed E-state index contributed by atoms with van der Waals surface area (Å²) in [6.07, 6.45) is 3.71. The monoisotopic (exact) mass is 331 g/mol. The highest BCUT2D eigenvalue weighted by molar-refractivity contribution is 5.96. The van der Waals surface area contributed by atoms with Gasteiger partial charge in [-0.25, -0.2) is 9.59 Å². The van der Waals surface area contributed by atoms with Crippen molar-refractivity contribution in [3.8, 4) is 6.07 Å². The largest absolute Gasteiger partial charge is 0.463 e. The molecule has 0 spiro atoms. The van der Waals surface area contributed by atoms with E-state index >= 15 is 0 Å². The molecule has 0 fully saturated rings. The zero-order valence-corrected chi connectivity index (χ0v) is 14.3. The topological polar surface area (TPSA) is 101 Å². The molecule has 1 heterocycles. The number of amides is 1. The fourth-order valence-electron chi connectivity index (χ4n) is 1.73. The van der Waals surface area contributed by atoms with Crippen LogP contribution in [0.1, 0.15) is 39.7 Å². The van der Waals surface area contributed by atoms with Crippen molar-refractivity contribution in [1.82, 2.24) is 4.98 Å². The van der Waals surface area contributed by atoms with Crippen molar-refractivity contribution in [3.63, 3.8) is 0 Å². The predicted octanol–water partition coefficient (Wildman–Crippen LogP) is 3.29. The van der Waals surface area contributed by atoms with Crippen LogP contribution in [-0.2, 0) is 14.3 Å². The summed E-state index contributed by atoms with van der Waals surface area (Å²) < 4.78 is 10.1. The van der Waals surface area contributed by atoms with Crippen LogP contribution in [0.15, 0.2) is 24.0 Å². The lowest BCUT2D eigenvalue weighted by atomic mass is 10.1. The van der Waals surface area contributed by atoms with Gasteiger partial charge in [0.15, 0.2) is 0 Å². The maximum absolute atomic E-state index is 11.9. The van der Waals surface area contributed by atoms with E-state index in [1.807, 2.05) is 6.07 Å². The first-order chi connectivity index (χ1) is 11.3. The summed E-state index contributed by atoms with van der Waals surface area (Å²) in [5.74, 6) is -0.570. The zero-order valence-electron chi connectivity index (χ0n) is 14.3. The van der Waals surface area contributed by atoms with Crippen molar-refractivity contribution in [2.45, 2.75) is 39.7 Å². The van der Waals surface area contributed by atoms with Crippen LogP contribution in [0.5, 0.6) is 0 Å². The number of nitrogens with one attached hydrogen (secondary N) is 1. The Balaban J connectivity index is 3.07. The van der Waals surface area contributed by atoms with Crippen LogP contribution < -0.4 is 5.32 Å². The average Bonchev–Trinajstić information content (AvgIpc) is 2.47. The van der Waals surface area contributed by atoms with Gasteiger partial charge in [-0.2, -0.15) is 5.26 Å². The summed E-state index contributed by atoms with van der Waals surface area (Å²) in [5, 5.41) is 11.5. The fraction of sp³-hybridized carbons (Fsp3) is 0.412. The van der Waals surface area contributed by atoms with Crippen LogP contribution in [-0.4, -0.2) is 29.3 Å². The molecule has 0 unspecified atom stereocenters. The first-order valence-corrected chi connectivity index (χ1v) is 7.45. The van der Waals surface area contributed by atoms with E-state index in [0.29, 0.717) is 11.3 Å². The summed E-state index contributed by atoms with van der Waals surface area (Å²) in [4.78, 5) is 27.7. The van der Waals surface area contributed by atoms with Crippen molar-refractivity contribution < 1.29 is 19.1 Å². The second-order valence-corrected chi connectivity index (χ2v) is 5.81. The first-order valence-electron chi connectivity index (χ1n) is 7.45. The highest BCUT2D eigenvalue weighted by Gasteiger charge is 2.17. The number of nitrogens with zero attached hydrogens (tertiary/aromatic N) is 2. The van der Waals surface area contributed by atoms with Crippen LogP contribution in [0.3, 0.4) is 0 Å². The lowest BCUT2D eigenvalue weighted by Gasteiger charge is -2.20. The smallest absolute Gasteiger partial charge is 0.412 e. The minimum atomic E-state index is -0.640. The number of ether oxygens (including phenoxy) is 2.